The summed E-state index contributed by atoms with van der Waals surface area (Å²) in [5, 5.41) is 1.02. The lowest BCUT2D eigenvalue weighted by atomic mass is 10.4. The SMILES string of the molecule is CCCCSP(=O)(SCCCC)c1ccccc1. The van der Waals surface area contributed by atoms with E-state index in [1.165, 1.54) is 12.8 Å². The maximum Gasteiger partial charge on any atom is 0.219 e. The molecule has 0 aliphatic rings. The molecule has 0 fully saturated rings. The molecule has 0 radical (unpaired) electrons. The second kappa shape index (κ2) is 9.12. The van der Waals surface area contributed by atoms with Crippen LogP contribution < -0.4 is 5.30 Å². The van der Waals surface area contributed by atoms with Crippen LogP contribution in [0.3, 0.4) is 0 Å². The number of rotatable bonds is 9. The molecule has 0 amide bonds. The van der Waals surface area contributed by atoms with Gasteiger partial charge in [0.25, 0.3) is 0 Å². The van der Waals surface area contributed by atoms with E-state index in [1.54, 1.807) is 22.8 Å². The van der Waals surface area contributed by atoms with Crippen molar-refractivity contribution in [1.82, 2.24) is 0 Å². The lowest BCUT2D eigenvalue weighted by Gasteiger charge is -2.17. The van der Waals surface area contributed by atoms with Crippen LogP contribution >= 0.6 is 28.3 Å². The van der Waals surface area contributed by atoms with Gasteiger partial charge in [-0.3, -0.25) is 4.57 Å². The molecule has 0 saturated carbocycles. The van der Waals surface area contributed by atoms with Gasteiger partial charge in [-0.25, -0.2) is 0 Å². The van der Waals surface area contributed by atoms with Crippen molar-refractivity contribution in [3.8, 4) is 0 Å². The summed E-state index contributed by atoms with van der Waals surface area (Å²) in [6.45, 7) is 4.36. The first kappa shape index (κ1) is 16.2. The predicted octanol–water partition coefficient (Wildman–Crippen LogP) is 5.57. The molecule has 102 valence electrons. The highest BCUT2D eigenvalue weighted by Crippen LogP contribution is 2.68. The maximum absolute atomic E-state index is 13.1. The van der Waals surface area contributed by atoms with Crippen molar-refractivity contribution in [2.24, 2.45) is 0 Å². The zero-order valence-electron chi connectivity index (χ0n) is 11.3. The second-order valence-electron chi connectivity index (χ2n) is 4.21. The molecule has 0 aliphatic heterocycles. The summed E-state index contributed by atoms with van der Waals surface area (Å²) in [6, 6.07) is 9.99. The Hall–Kier alpha value is 0.150. The van der Waals surface area contributed by atoms with Crippen molar-refractivity contribution in [3.63, 3.8) is 0 Å². The van der Waals surface area contributed by atoms with Crippen LogP contribution in [0, 0.1) is 0 Å². The number of hydrogen-bond acceptors (Lipinski definition) is 3. The number of hydrogen-bond donors (Lipinski definition) is 0. The van der Waals surface area contributed by atoms with Gasteiger partial charge >= 0.3 is 0 Å². The Morgan fingerprint density at radius 2 is 1.44 bits per heavy atom. The Balaban J connectivity index is 2.70. The van der Waals surface area contributed by atoms with Gasteiger partial charge in [-0.2, -0.15) is 0 Å². The quantitative estimate of drug-likeness (QED) is 0.438. The zero-order valence-corrected chi connectivity index (χ0v) is 13.8. The Bertz CT molecular complexity index is 353. The lowest BCUT2D eigenvalue weighted by molar-refractivity contribution is 0.598. The topological polar surface area (TPSA) is 17.1 Å². The summed E-state index contributed by atoms with van der Waals surface area (Å²) < 4.78 is 13.1. The normalized spacial score (nSPS) is 11.7. The molecule has 0 bridgehead atoms. The third-order valence-electron chi connectivity index (χ3n) is 2.59. The fourth-order valence-corrected chi connectivity index (χ4v) is 9.76. The Morgan fingerprint density at radius 3 is 1.89 bits per heavy atom. The van der Waals surface area contributed by atoms with E-state index in [1.807, 2.05) is 30.3 Å². The molecule has 0 N–H and O–H groups in total. The zero-order chi connectivity index (χ0) is 13.3. The first-order chi connectivity index (χ1) is 8.73. The van der Waals surface area contributed by atoms with Crippen LogP contribution in [0.2, 0.25) is 0 Å². The van der Waals surface area contributed by atoms with Gasteiger partial charge < -0.3 is 0 Å². The fourth-order valence-electron chi connectivity index (χ4n) is 1.46. The van der Waals surface area contributed by atoms with E-state index in [9.17, 15) is 4.57 Å². The molecule has 0 unspecified atom stereocenters. The highest BCUT2D eigenvalue weighted by atomic mass is 33.1. The minimum atomic E-state index is -2.30. The van der Waals surface area contributed by atoms with Gasteiger partial charge in [-0.05, 0) is 25.0 Å². The van der Waals surface area contributed by atoms with Gasteiger partial charge in [0.15, 0.2) is 0 Å². The van der Waals surface area contributed by atoms with E-state index in [4.69, 9.17) is 0 Å². The van der Waals surface area contributed by atoms with Crippen LogP contribution in [-0.2, 0) is 4.57 Å². The van der Waals surface area contributed by atoms with E-state index in [-0.39, 0.29) is 0 Å². The summed E-state index contributed by atoms with van der Waals surface area (Å²) in [5.41, 5.74) is -2.30. The van der Waals surface area contributed by atoms with Gasteiger partial charge in [-0.1, -0.05) is 67.7 Å². The summed E-state index contributed by atoms with van der Waals surface area (Å²) in [7, 11) is 0. The van der Waals surface area contributed by atoms with E-state index in [0.717, 1.165) is 29.7 Å². The van der Waals surface area contributed by atoms with Crippen molar-refractivity contribution < 1.29 is 4.57 Å². The Morgan fingerprint density at radius 1 is 0.944 bits per heavy atom. The molecule has 4 heteroatoms. The Labute approximate surface area is 119 Å². The molecule has 0 aliphatic carbocycles. The van der Waals surface area contributed by atoms with E-state index >= 15 is 0 Å². The third-order valence-corrected chi connectivity index (χ3v) is 11.4. The fraction of sp³-hybridized carbons (Fsp3) is 0.571. The summed E-state index contributed by atoms with van der Waals surface area (Å²) in [6.07, 6.45) is 4.63. The minimum absolute atomic E-state index is 1.00. The molecule has 0 heterocycles. The summed E-state index contributed by atoms with van der Waals surface area (Å²) in [4.78, 5) is 0. The van der Waals surface area contributed by atoms with E-state index in [2.05, 4.69) is 13.8 Å². The van der Waals surface area contributed by atoms with Crippen molar-refractivity contribution >= 4 is 33.6 Å². The van der Waals surface area contributed by atoms with Crippen LogP contribution in [0.25, 0.3) is 0 Å². The lowest BCUT2D eigenvalue weighted by Crippen LogP contribution is -2.00. The van der Waals surface area contributed by atoms with Gasteiger partial charge in [0.1, 0.15) is 0 Å². The third kappa shape index (κ3) is 5.42. The van der Waals surface area contributed by atoms with E-state index < -0.39 is 5.55 Å². The first-order valence-corrected chi connectivity index (χ1v) is 11.6. The number of unbranched alkanes of at least 4 members (excludes halogenated alkanes) is 2. The van der Waals surface area contributed by atoms with Crippen molar-refractivity contribution in [1.29, 1.82) is 0 Å². The van der Waals surface area contributed by atoms with E-state index in [0.29, 0.717) is 0 Å². The number of benzene rings is 1. The van der Waals surface area contributed by atoms with Gasteiger partial charge in [0.2, 0.25) is 5.55 Å². The molecule has 1 nitrogen and oxygen atoms in total. The van der Waals surface area contributed by atoms with Crippen molar-refractivity contribution in [2.75, 3.05) is 11.5 Å². The molecular weight excluding hydrogens is 279 g/mol. The highest BCUT2D eigenvalue weighted by Gasteiger charge is 2.25. The molecule has 1 rings (SSSR count). The first-order valence-electron chi connectivity index (χ1n) is 6.67. The minimum Gasteiger partial charge on any atom is -0.295 e. The van der Waals surface area contributed by atoms with Gasteiger partial charge in [-0.15, -0.1) is 0 Å². The van der Waals surface area contributed by atoms with Crippen LogP contribution in [-0.4, -0.2) is 11.5 Å². The predicted molar refractivity (Wildman–Crippen MR) is 88.4 cm³/mol. The van der Waals surface area contributed by atoms with Crippen LogP contribution in [0.4, 0.5) is 0 Å². The molecule has 0 aromatic heterocycles. The molecule has 0 spiro atoms. The molecule has 0 saturated heterocycles. The standard InChI is InChI=1S/C14H23OPS2/c1-3-5-12-17-16(15,18-13-6-4-2)14-10-8-7-9-11-14/h7-11H,3-6,12-13H2,1-2H3. The van der Waals surface area contributed by atoms with Gasteiger partial charge in [0, 0.05) is 16.8 Å². The highest BCUT2D eigenvalue weighted by molar-refractivity contribution is 8.92. The average Bonchev–Trinajstić information content (AvgIpc) is 2.40. The summed E-state index contributed by atoms with van der Waals surface area (Å²) in [5.74, 6) is 2.00. The van der Waals surface area contributed by atoms with Gasteiger partial charge in [0.05, 0.1) is 0 Å². The monoisotopic (exact) mass is 302 g/mol. The largest absolute Gasteiger partial charge is 0.295 e. The maximum atomic E-state index is 13.1. The second-order valence-corrected chi connectivity index (χ2v) is 12.4. The van der Waals surface area contributed by atoms with Crippen LogP contribution in [0.1, 0.15) is 39.5 Å². The smallest absolute Gasteiger partial charge is 0.219 e. The molecule has 0 atom stereocenters. The summed E-state index contributed by atoms with van der Waals surface area (Å²) >= 11 is 3.34. The van der Waals surface area contributed by atoms with Crippen molar-refractivity contribution in [2.45, 2.75) is 39.5 Å². The van der Waals surface area contributed by atoms with Crippen molar-refractivity contribution in [3.05, 3.63) is 30.3 Å². The van der Waals surface area contributed by atoms with Crippen LogP contribution in [0.15, 0.2) is 30.3 Å². The molecule has 1 aromatic carbocycles. The van der Waals surface area contributed by atoms with Crippen LogP contribution in [0.5, 0.6) is 0 Å². The Kier molecular flexibility index (Phi) is 8.21. The molecule has 1 aromatic rings. The average molecular weight is 302 g/mol. The molecular formula is C14H23OPS2. The molecule has 18 heavy (non-hydrogen) atoms.